The average molecular weight is 201 g/mol. The van der Waals surface area contributed by atoms with Gasteiger partial charge < -0.3 is 4.74 Å². The van der Waals surface area contributed by atoms with Crippen LogP contribution < -0.4 is 10.6 Å². The minimum atomic E-state index is -0.698. The Kier molecular flexibility index (Phi) is 1.61. The van der Waals surface area contributed by atoms with Crippen LogP contribution in [0.3, 0.4) is 0 Å². The van der Waals surface area contributed by atoms with Gasteiger partial charge in [0.25, 0.3) is 0 Å². The summed E-state index contributed by atoms with van der Waals surface area (Å²) in [6.45, 7) is 0.673. The van der Waals surface area contributed by atoms with E-state index in [4.69, 9.17) is 4.74 Å². The normalized spacial score (nSPS) is 22.8. The second-order valence-electron chi connectivity index (χ2n) is 3.53. The largest absolute Gasteiger partial charge is 0.368 e. The number of carbonyl (C=O) groups is 2. The molecular formula is C11H7NO3. The molecule has 1 aromatic carbocycles. The monoisotopic (exact) mass is 201 g/mol. The maximum absolute atomic E-state index is 11.2. The van der Waals surface area contributed by atoms with Crippen molar-refractivity contribution in [1.29, 1.82) is 0 Å². The molecular weight excluding hydrogens is 194 g/mol. The number of fused-ring (bicyclic) bond motifs is 1. The molecule has 74 valence electrons. The Morgan fingerprint density at radius 3 is 2.87 bits per heavy atom. The molecule has 1 fully saturated rings. The number of nitrogens with zero attached hydrogens (tertiary/aromatic N) is 1. The molecule has 0 spiro atoms. The molecule has 1 amide bonds. The zero-order chi connectivity index (χ0) is 10.4. The number of carbonyl (C=O) groups excluding carboxylic acids is 2. The van der Waals surface area contributed by atoms with E-state index >= 15 is 0 Å². The predicted molar refractivity (Wildman–Crippen MR) is 50.4 cm³/mol. The molecule has 0 aromatic heterocycles. The van der Waals surface area contributed by atoms with Crippen molar-refractivity contribution < 1.29 is 14.3 Å². The first-order valence-electron chi connectivity index (χ1n) is 4.65. The zero-order valence-corrected chi connectivity index (χ0v) is 7.77. The predicted octanol–water partition coefficient (Wildman–Crippen LogP) is -0.733. The first kappa shape index (κ1) is 8.49. The Morgan fingerprint density at radius 1 is 1.33 bits per heavy atom. The van der Waals surface area contributed by atoms with Gasteiger partial charge in [0.15, 0.2) is 0 Å². The van der Waals surface area contributed by atoms with Crippen molar-refractivity contribution in [2.75, 3.05) is 6.61 Å². The van der Waals surface area contributed by atoms with Crippen LogP contribution in [0, 0.1) is 0 Å². The highest BCUT2D eigenvalue weighted by Gasteiger charge is 2.27. The molecule has 0 aliphatic carbocycles. The van der Waals surface area contributed by atoms with Crippen LogP contribution in [0.5, 0.6) is 0 Å². The van der Waals surface area contributed by atoms with Gasteiger partial charge in [-0.15, -0.1) is 0 Å². The van der Waals surface area contributed by atoms with Gasteiger partial charge in [-0.05, 0) is 11.6 Å². The lowest BCUT2D eigenvalue weighted by Gasteiger charge is -2.01. The molecule has 2 aliphatic rings. The van der Waals surface area contributed by atoms with Gasteiger partial charge >= 0.3 is 5.91 Å². The number of benzene rings is 1. The standard InChI is InChI=1S/C11H7NO3/c13-9-4-7-6(10-5-15-10)2-1-3-8(7)12-11(9)14/h1-4,10H,5H2. The Morgan fingerprint density at radius 2 is 2.13 bits per heavy atom. The Hall–Kier alpha value is -1.81. The van der Waals surface area contributed by atoms with Crippen LogP contribution in [0.2, 0.25) is 0 Å². The number of rotatable bonds is 1. The van der Waals surface area contributed by atoms with Crippen molar-refractivity contribution in [2.24, 2.45) is 4.99 Å². The van der Waals surface area contributed by atoms with Crippen LogP contribution in [0.4, 0.5) is 0 Å². The molecule has 0 saturated carbocycles. The molecule has 1 aromatic rings. The van der Waals surface area contributed by atoms with E-state index in [1.165, 1.54) is 6.08 Å². The van der Waals surface area contributed by atoms with E-state index < -0.39 is 11.7 Å². The van der Waals surface area contributed by atoms with Crippen LogP contribution in [-0.2, 0) is 14.3 Å². The Bertz CT molecular complexity index is 584. The molecule has 2 aliphatic heterocycles. The molecule has 0 N–H and O–H groups in total. The summed E-state index contributed by atoms with van der Waals surface area (Å²) < 4.78 is 5.16. The lowest BCUT2D eigenvalue weighted by atomic mass is 10.1. The Labute approximate surface area is 84.9 Å². The topological polar surface area (TPSA) is 59.0 Å². The SMILES string of the molecule is O=C1C=c2c(C3CO3)cccc2=NC1=O. The summed E-state index contributed by atoms with van der Waals surface area (Å²) in [5, 5.41) is 1.29. The highest BCUT2D eigenvalue weighted by atomic mass is 16.6. The van der Waals surface area contributed by atoms with Crippen LogP contribution in [0.25, 0.3) is 6.08 Å². The van der Waals surface area contributed by atoms with Crippen molar-refractivity contribution in [3.05, 3.63) is 34.3 Å². The smallest absolute Gasteiger partial charge is 0.317 e. The highest BCUT2D eigenvalue weighted by molar-refractivity contribution is 6.48. The van der Waals surface area contributed by atoms with E-state index in [1.54, 1.807) is 6.07 Å². The average Bonchev–Trinajstić information content (AvgIpc) is 3.02. The van der Waals surface area contributed by atoms with Gasteiger partial charge in [-0.25, -0.2) is 4.99 Å². The van der Waals surface area contributed by atoms with Crippen LogP contribution >= 0.6 is 0 Å². The van der Waals surface area contributed by atoms with E-state index in [9.17, 15) is 9.59 Å². The molecule has 2 heterocycles. The molecule has 3 rings (SSSR count). The van der Waals surface area contributed by atoms with Crippen LogP contribution in [0.15, 0.2) is 23.2 Å². The van der Waals surface area contributed by atoms with E-state index in [-0.39, 0.29) is 6.10 Å². The molecule has 0 bridgehead atoms. The van der Waals surface area contributed by atoms with E-state index in [0.717, 1.165) is 10.8 Å². The third kappa shape index (κ3) is 1.30. The maximum Gasteiger partial charge on any atom is 0.317 e. The zero-order valence-electron chi connectivity index (χ0n) is 7.77. The van der Waals surface area contributed by atoms with Crippen molar-refractivity contribution in [3.8, 4) is 0 Å². The number of Topliss-reactive ketones (excluding diaryl/α,β-unsaturated/α-hetero) is 1. The second kappa shape index (κ2) is 2.84. The molecule has 1 saturated heterocycles. The van der Waals surface area contributed by atoms with Crippen molar-refractivity contribution in [1.82, 2.24) is 0 Å². The number of hydrogen-bond acceptors (Lipinski definition) is 3. The first-order valence-corrected chi connectivity index (χ1v) is 4.65. The number of ether oxygens (including phenoxy) is 1. The van der Waals surface area contributed by atoms with Gasteiger partial charge in [0.2, 0.25) is 5.78 Å². The Balaban J connectivity index is 2.35. The summed E-state index contributed by atoms with van der Waals surface area (Å²) >= 11 is 0. The van der Waals surface area contributed by atoms with Crippen LogP contribution in [-0.4, -0.2) is 18.3 Å². The van der Waals surface area contributed by atoms with Gasteiger partial charge in [0.05, 0.1) is 12.0 Å². The summed E-state index contributed by atoms with van der Waals surface area (Å²) in [6, 6.07) is 5.43. The van der Waals surface area contributed by atoms with E-state index in [1.807, 2.05) is 12.1 Å². The van der Waals surface area contributed by atoms with Gasteiger partial charge in [-0.1, -0.05) is 12.1 Å². The summed E-state index contributed by atoms with van der Waals surface area (Å²) in [6.07, 6.45) is 1.41. The highest BCUT2D eigenvalue weighted by Crippen LogP contribution is 2.26. The van der Waals surface area contributed by atoms with E-state index in [0.29, 0.717) is 12.0 Å². The third-order valence-corrected chi connectivity index (χ3v) is 2.51. The summed E-state index contributed by atoms with van der Waals surface area (Å²) in [7, 11) is 0. The number of ketones is 1. The molecule has 4 nitrogen and oxygen atoms in total. The summed E-state index contributed by atoms with van der Waals surface area (Å²) in [4.78, 5) is 26.0. The van der Waals surface area contributed by atoms with Gasteiger partial charge in [-0.2, -0.15) is 0 Å². The van der Waals surface area contributed by atoms with Crippen molar-refractivity contribution >= 4 is 17.8 Å². The lowest BCUT2D eigenvalue weighted by molar-refractivity contribution is -0.132. The lowest BCUT2D eigenvalue weighted by Crippen LogP contribution is -2.36. The first-order chi connectivity index (χ1) is 7.25. The van der Waals surface area contributed by atoms with Crippen LogP contribution in [0.1, 0.15) is 11.7 Å². The van der Waals surface area contributed by atoms with E-state index in [2.05, 4.69) is 4.99 Å². The summed E-state index contributed by atoms with van der Waals surface area (Å²) in [5.41, 5.74) is 0.942. The molecule has 15 heavy (non-hydrogen) atoms. The van der Waals surface area contributed by atoms with Crippen molar-refractivity contribution in [2.45, 2.75) is 6.10 Å². The fraction of sp³-hybridized carbons (Fsp3) is 0.182. The minimum absolute atomic E-state index is 0.0624. The summed E-state index contributed by atoms with van der Waals surface area (Å²) in [5.74, 6) is -1.26. The fourth-order valence-corrected chi connectivity index (χ4v) is 1.69. The van der Waals surface area contributed by atoms with Gasteiger partial charge in [-0.3, -0.25) is 9.59 Å². The number of epoxide rings is 1. The fourth-order valence-electron chi connectivity index (χ4n) is 1.69. The second-order valence-corrected chi connectivity index (χ2v) is 3.53. The quantitative estimate of drug-likeness (QED) is 0.444. The van der Waals surface area contributed by atoms with Crippen molar-refractivity contribution in [3.63, 3.8) is 0 Å². The minimum Gasteiger partial charge on any atom is -0.368 e. The maximum atomic E-state index is 11.2. The molecule has 4 heteroatoms. The molecule has 0 radical (unpaired) electrons. The third-order valence-electron chi connectivity index (χ3n) is 2.51. The van der Waals surface area contributed by atoms with Gasteiger partial charge in [0.1, 0.15) is 6.10 Å². The van der Waals surface area contributed by atoms with Gasteiger partial charge in [0, 0.05) is 11.3 Å². The molecule has 1 unspecified atom stereocenters. The number of hydrogen-bond donors (Lipinski definition) is 0. The molecule has 1 atom stereocenters. The number of amides is 1.